The maximum Gasteiger partial charge on any atom is 0.255 e. The van der Waals surface area contributed by atoms with Gasteiger partial charge in [-0.05, 0) is 78.4 Å². The second-order valence-corrected chi connectivity index (χ2v) is 8.15. The van der Waals surface area contributed by atoms with Crippen LogP contribution >= 0.6 is 0 Å². The molecule has 1 saturated carbocycles. The summed E-state index contributed by atoms with van der Waals surface area (Å²) in [5, 5.41) is 5.86. The molecule has 0 saturated heterocycles. The molecule has 1 fully saturated rings. The van der Waals surface area contributed by atoms with Crippen molar-refractivity contribution in [2.24, 2.45) is 5.73 Å². The second-order valence-electron chi connectivity index (χ2n) is 8.15. The van der Waals surface area contributed by atoms with E-state index in [9.17, 15) is 14.4 Å². The van der Waals surface area contributed by atoms with Crippen molar-refractivity contribution in [3.05, 3.63) is 89.0 Å². The highest BCUT2D eigenvalue weighted by molar-refractivity contribution is 6.04. The molecule has 162 valence electrons. The third-order valence-electron chi connectivity index (χ3n) is 5.43. The number of carbonyl (C=O) groups excluding carboxylic acids is 3. The van der Waals surface area contributed by atoms with Crippen LogP contribution in [0.3, 0.4) is 0 Å². The van der Waals surface area contributed by atoms with Crippen molar-refractivity contribution >= 4 is 23.4 Å². The topological polar surface area (TPSA) is 101 Å². The number of nitrogens with two attached hydrogens (primary N) is 1. The van der Waals surface area contributed by atoms with Crippen LogP contribution in [0.15, 0.2) is 66.7 Å². The van der Waals surface area contributed by atoms with E-state index in [1.165, 1.54) is 0 Å². The van der Waals surface area contributed by atoms with Gasteiger partial charge in [0.25, 0.3) is 11.8 Å². The molecule has 0 unspecified atom stereocenters. The molecule has 0 spiro atoms. The Labute approximate surface area is 186 Å². The summed E-state index contributed by atoms with van der Waals surface area (Å²) in [6.07, 6.45) is 2.21. The van der Waals surface area contributed by atoms with Crippen molar-refractivity contribution in [2.75, 3.05) is 5.32 Å². The van der Waals surface area contributed by atoms with Gasteiger partial charge in [-0.3, -0.25) is 14.4 Å². The third kappa shape index (κ3) is 5.21. The molecular weight excluding hydrogens is 402 g/mol. The Balaban J connectivity index is 1.49. The molecule has 1 aliphatic rings. The maximum atomic E-state index is 12.7. The van der Waals surface area contributed by atoms with E-state index in [4.69, 9.17) is 5.73 Å². The fraction of sp³-hybridized carbons (Fsp3) is 0.192. The second kappa shape index (κ2) is 9.06. The highest BCUT2D eigenvalue weighted by Gasteiger charge is 2.24. The van der Waals surface area contributed by atoms with Crippen molar-refractivity contribution < 1.29 is 14.4 Å². The summed E-state index contributed by atoms with van der Waals surface area (Å²) in [6, 6.07) is 20.3. The summed E-state index contributed by atoms with van der Waals surface area (Å²) in [6.45, 7) is 2.00. The quantitative estimate of drug-likeness (QED) is 0.534. The smallest absolute Gasteiger partial charge is 0.255 e. The van der Waals surface area contributed by atoms with Crippen molar-refractivity contribution in [1.82, 2.24) is 5.32 Å². The van der Waals surface area contributed by atoms with Crippen molar-refractivity contribution in [2.45, 2.75) is 32.2 Å². The van der Waals surface area contributed by atoms with Gasteiger partial charge in [-0.15, -0.1) is 0 Å². The Bertz CT molecular complexity index is 1180. The average molecular weight is 428 g/mol. The Hall–Kier alpha value is -3.93. The van der Waals surface area contributed by atoms with Gasteiger partial charge in [0.05, 0.1) is 6.42 Å². The number of benzene rings is 3. The number of primary amides is 1. The van der Waals surface area contributed by atoms with Crippen LogP contribution in [0.4, 0.5) is 5.69 Å². The van der Waals surface area contributed by atoms with Crippen LogP contribution in [0.1, 0.15) is 44.7 Å². The molecule has 32 heavy (non-hydrogen) atoms. The molecule has 6 nitrogen and oxygen atoms in total. The summed E-state index contributed by atoms with van der Waals surface area (Å²) in [5.41, 5.74) is 10.7. The van der Waals surface area contributed by atoms with Gasteiger partial charge in [-0.25, -0.2) is 0 Å². The van der Waals surface area contributed by atoms with E-state index in [0.717, 1.165) is 35.1 Å². The van der Waals surface area contributed by atoms with Gasteiger partial charge in [0.15, 0.2) is 0 Å². The molecule has 0 heterocycles. The van der Waals surface area contributed by atoms with E-state index < -0.39 is 5.91 Å². The normalized spacial score (nSPS) is 12.8. The number of carbonyl (C=O) groups is 3. The highest BCUT2D eigenvalue weighted by atomic mass is 16.2. The van der Waals surface area contributed by atoms with Gasteiger partial charge < -0.3 is 16.4 Å². The Morgan fingerprint density at radius 1 is 0.906 bits per heavy atom. The number of aryl methyl sites for hydroxylation is 1. The zero-order valence-electron chi connectivity index (χ0n) is 17.9. The predicted octanol–water partition coefficient (Wildman–Crippen LogP) is 3.83. The fourth-order valence-corrected chi connectivity index (χ4v) is 3.54. The lowest BCUT2D eigenvalue weighted by Gasteiger charge is -2.11. The van der Waals surface area contributed by atoms with E-state index in [2.05, 4.69) is 10.6 Å². The molecule has 0 aromatic heterocycles. The minimum Gasteiger partial charge on any atom is -0.369 e. The lowest BCUT2D eigenvalue weighted by atomic mass is 9.97. The molecule has 0 aliphatic heterocycles. The first-order chi connectivity index (χ1) is 15.4. The number of amides is 3. The Morgan fingerprint density at radius 3 is 2.31 bits per heavy atom. The first-order valence-electron chi connectivity index (χ1n) is 10.6. The number of nitrogens with one attached hydrogen (secondary N) is 2. The van der Waals surface area contributed by atoms with E-state index in [0.29, 0.717) is 22.9 Å². The van der Waals surface area contributed by atoms with E-state index in [-0.39, 0.29) is 18.2 Å². The van der Waals surface area contributed by atoms with E-state index in [1.807, 2.05) is 37.3 Å². The van der Waals surface area contributed by atoms with Crippen LogP contribution in [0.2, 0.25) is 0 Å². The molecule has 4 rings (SSSR count). The molecule has 3 aromatic rings. The van der Waals surface area contributed by atoms with Crippen LogP contribution in [0.5, 0.6) is 0 Å². The standard InChI is InChI=1S/C26H25N3O3/c1-16-5-6-20(26(32)28-21-11-12-21)15-23(16)18-7-9-19(10-8-18)25(31)29-22-4-2-3-17(13-22)14-24(27)30/h2-10,13,15,21H,11-12,14H2,1H3,(H2,27,30)(H,28,32)(H,29,31). The highest BCUT2D eigenvalue weighted by Crippen LogP contribution is 2.26. The molecule has 6 heteroatoms. The average Bonchev–Trinajstić information content (AvgIpc) is 3.58. The molecular formula is C26H25N3O3. The zero-order valence-corrected chi connectivity index (χ0v) is 17.9. The first-order valence-corrected chi connectivity index (χ1v) is 10.6. The van der Waals surface area contributed by atoms with Crippen LogP contribution in [-0.4, -0.2) is 23.8 Å². The largest absolute Gasteiger partial charge is 0.369 e. The third-order valence-corrected chi connectivity index (χ3v) is 5.43. The summed E-state index contributed by atoms with van der Waals surface area (Å²) in [4.78, 5) is 36.2. The van der Waals surface area contributed by atoms with Gasteiger partial charge in [0.2, 0.25) is 5.91 Å². The molecule has 0 atom stereocenters. The number of rotatable bonds is 7. The summed E-state index contributed by atoms with van der Waals surface area (Å²) >= 11 is 0. The SMILES string of the molecule is Cc1ccc(C(=O)NC2CC2)cc1-c1ccc(C(=O)Nc2cccc(CC(N)=O)c2)cc1. The molecule has 4 N–H and O–H groups in total. The lowest BCUT2D eigenvalue weighted by molar-refractivity contribution is -0.117. The van der Waals surface area contributed by atoms with E-state index in [1.54, 1.807) is 36.4 Å². The molecule has 1 aliphatic carbocycles. The monoisotopic (exact) mass is 427 g/mol. The van der Waals surface area contributed by atoms with Crippen LogP contribution < -0.4 is 16.4 Å². The van der Waals surface area contributed by atoms with Crippen molar-refractivity contribution in [3.8, 4) is 11.1 Å². The minimum absolute atomic E-state index is 0.0525. The molecule has 3 amide bonds. The predicted molar refractivity (Wildman–Crippen MR) is 124 cm³/mol. The van der Waals surface area contributed by atoms with Crippen molar-refractivity contribution in [1.29, 1.82) is 0 Å². The van der Waals surface area contributed by atoms with Gasteiger partial charge in [-0.2, -0.15) is 0 Å². The van der Waals surface area contributed by atoms with E-state index >= 15 is 0 Å². The van der Waals surface area contributed by atoms with Crippen molar-refractivity contribution in [3.63, 3.8) is 0 Å². The molecule has 0 radical (unpaired) electrons. The Morgan fingerprint density at radius 2 is 1.62 bits per heavy atom. The number of hydrogen-bond acceptors (Lipinski definition) is 3. The Kier molecular flexibility index (Phi) is 6.03. The summed E-state index contributed by atoms with van der Waals surface area (Å²) < 4.78 is 0. The van der Waals surface area contributed by atoms with Crippen LogP contribution in [0, 0.1) is 6.92 Å². The van der Waals surface area contributed by atoms with Gasteiger partial charge in [-0.1, -0.05) is 30.3 Å². The first kappa shape index (κ1) is 21.3. The maximum absolute atomic E-state index is 12.7. The minimum atomic E-state index is -0.423. The molecule has 3 aromatic carbocycles. The fourth-order valence-electron chi connectivity index (χ4n) is 3.54. The van der Waals surface area contributed by atoms with Gasteiger partial charge in [0, 0.05) is 22.9 Å². The zero-order chi connectivity index (χ0) is 22.7. The van der Waals surface area contributed by atoms with Gasteiger partial charge in [0.1, 0.15) is 0 Å². The number of hydrogen-bond donors (Lipinski definition) is 3. The summed E-state index contributed by atoms with van der Waals surface area (Å²) in [5.74, 6) is -0.723. The van der Waals surface area contributed by atoms with Gasteiger partial charge >= 0.3 is 0 Å². The number of anilines is 1. The molecule has 0 bridgehead atoms. The van der Waals surface area contributed by atoms with Crippen LogP contribution in [-0.2, 0) is 11.2 Å². The lowest BCUT2D eigenvalue weighted by Crippen LogP contribution is -2.25. The summed E-state index contributed by atoms with van der Waals surface area (Å²) in [7, 11) is 0. The van der Waals surface area contributed by atoms with Crippen LogP contribution in [0.25, 0.3) is 11.1 Å².